The molecule has 1 heterocycles. The maximum absolute atomic E-state index is 12.1. The number of carboxylic acids is 1. The first kappa shape index (κ1) is 15.3. The van der Waals surface area contributed by atoms with Crippen molar-refractivity contribution in [2.75, 3.05) is 5.32 Å². The van der Waals surface area contributed by atoms with Gasteiger partial charge in [0.25, 0.3) is 5.91 Å². The van der Waals surface area contributed by atoms with Gasteiger partial charge in [0.2, 0.25) is 0 Å². The minimum Gasteiger partial charge on any atom is -0.478 e. The highest BCUT2D eigenvalue weighted by atomic mass is 35.5. The summed E-state index contributed by atoms with van der Waals surface area (Å²) in [6, 6.07) is 7.45. The molecule has 108 valence electrons. The van der Waals surface area contributed by atoms with E-state index in [1.54, 1.807) is 25.1 Å². The zero-order valence-corrected chi connectivity index (χ0v) is 12.4. The molecule has 0 aliphatic carbocycles. The smallest absolute Gasteiger partial charge is 0.335 e. The molecule has 0 aliphatic rings. The van der Waals surface area contributed by atoms with Gasteiger partial charge >= 0.3 is 5.97 Å². The summed E-state index contributed by atoms with van der Waals surface area (Å²) in [7, 11) is 0. The van der Waals surface area contributed by atoms with Crippen molar-refractivity contribution in [3.05, 3.63) is 57.3 Å². The van der Waals surface area contributed by atoms with E-state index >= 15 is 0 Å². The van der Waals surface area contributed by atoms with E-state index in [-0.39, 0.29) is 27.0 Å². The number of rotatable bonds is 3. The first-order valence-electron chi connectivity index (χ1n) is 5.86. The lowest BCUT2D eigenvalue weighted by atomic mass is 10.2. The topological polar surface area (TPSA) is 79.3 Å². The van der Waals surface area contributed by atoms with Gasteiger partial charge in [-0.15, -0.1) is 0 Å². The molecule has 5 nitrogen and oxygen atoms in total. The van der Waals surface area contributed by atoms with Crippen LogP contribution in [0.3, 0.4) is 0 Å². The third kappa shape index (κ3) is 3.51. The van der Waals surface area contributed by atoms with Crippen molar-refractivity contribution in [3.8, 4) is 0 Å². The molecule has 2 aromatic rings. The molecule has 0 spiro atoms. The molecular formula is C14H10Cl2N2O3. The van der Waals surface area contributed by atoms with Gasteiger partial charge in [-0.2, -0.15) is 0 Å². The van der Waals surface area contributed by atoms with Crippen LogP contribution in [0, 0.1) is 6.92 Å². The molecule has 0 fully saturated rings. The highest BCUT2D eigenvalue weighted by molar-refractivity contribution is 6.40. The van der Waals surface area contributed by atoms with E-state index in [4.69, 9.17) is 28.3 Å². The van der Waals surface area contributed by atoms with E-state index in [9.17, 15) is 9.59 Å². The number of pyridine rings is 1. The molecule has 0 bridgehead atoms. The van der Waals surface area contributed by atoms with Crippen LogP contribution in [0.15, 0.2) is 30.3 Å². The Hall–Kier alpha value is -2.11. The second-order valence-corrected chi connectivity index (χ2v) is 5.05. The largest absolute Gasteiger partial charge is 0.478 e. The molecule has 1 aromatic heterocycles. The lowest BCUT2D eigenvalue weighted by Crippen LogP contribution is -2.15. The van der Waals surface area contributed by atoms with Crippen LogP contribution >= 0.6 is 23.2 Å². The predicted octanol–water partition coefficient (Wildman–Crippen LogP) is 3.65. The fourth-order valence-electron chi connectivity index (χ4n) is 1.66. The van der Waals surface area contributed by atoms with Gasteiger partial charge in [-0.05, 0) is 31.2 Å². The van der Waals surface area contributed by atoms with E-state index in [1.165, 1.54) is 12.1 Å². The lowest BCUT2D eigenvalue weighted by Gasteiger charge is -2.10. The highest BCUT2D eigenvalue weighted by Crippen LogP contribution is 2.32. The Morgan fingerprint density at radius 1 is 1.19 bits per heavy atom. The van der Waals surface area contributed by atoms with E-state index in [1.807, 2.05) is 0 Å². The molecule has 2 N–H and O–H groups in total. The van der Waals surface area contributed by atoms with Gasteiger partial charge in [0.1, 0.15) is 5.69 Å². The summed E-state index contributed by atoms with van der Waals surface area (Å²) in [6.45, 7) is 1.76. The van der Waals surface area contributed by atoms with Crippen molar-refractivity contribution >= 4 is 40.8 Å². The molecular weight excluding hydrogens is 315 g/mol. The van der Waals surface area contributed by atoms with Gasteiger partial charge in [0, 0.05) is 5.69 Å². The number of aryl methyl sites for hydroxylation is 1. The van der Waals surface area contributed by atoms with Crippen LogP contribution in [0.4, 0.5) is 5.69 Å². The van der Waals surface area contributed by atoms with E-state index in [0.29, 0.717) is 5.69 Å². The van der Waals surface area contributed by atoms with Crippen LogP contribution in [-0.2, 0) is 0 Å². The van der Waals surface area contributed by atoms with E-state index in [2.05, 4.69) is 10.3 Å². The number of halogens is 2. The lowest BCUT2D eigenvalue weighted by molar-refractivity contribution is 0.0696. The first-order valence-corrected chi connectivity index (χ1v) is 6.61. The molecule has 7 heteroatoms. The Morgan fingerprint density at radius 2 is 1.81 bits per heavy atom. The maximum atomic E-state index is 12.1. The number of nitrogens with one attached hydrogen (secondary N) is 1. The minimum absolute atomic E-state index is 0.0425. The minimum atomic E-state index is -1.16. The molecule has 21 heavy (non-hydrogen) atoms. The monoisotopic (exact) mass is 324 g/mol. The Kier molecular flexibility index (Phi) is 4.45. The standard InChI is InChI=1S/C14H10Cl2N2O3/c1-7-3-2-4-11(17-7)13(19)18-12-9(15)5-8(14(20)21)6-10(12)16/h2-6H,1H3,(H,18,19)(H,20,21). The number of carbonyl (C=O) groups excluding carboxylic acids is 1. The fourth-order valence-corrected chi connectivity index (χ4v) is 2.24. The molecule has 0 atom stereocenters. The number of benzene rings is 1. The van der Waals surface area contributed by atoms with Gasteiger partial charge in [0.05, 0.1) is 21.3 Å². The highest BCUT2D eigenvalue weighted by Gasteiger charge is 2.16. The molecule has 0 unspecified atom stereocenters. The van der Waals surface area contributed by atoms with Gasteiger partial charge in [-0.3, -0.25) is 4.79 Å². The van der Waals surface area contributed by atoms with Crippen LogP contribution in [0.2, 0.25) is 10.0 Å². The van der Waals surface area contributed by atoms with Crippen molar-refractivity contribution in [1.82, 2.24) is 4.98 Å². The van der Waals surface area contributed by atoms with Crippen molar-refractivity contribution in [2.24, 2.45) is 0 Å². The molecule has 0 saturated heterocycles. The van der Waals surface area contributed by atoms with E-state index in [0.717, 1.165) is 0 Å². The Labute approximate surface area is 130 Å². The number of carboxylic acid groups (broad SMARTS) is 1. The summed E-state index contributed by atoms with van der Waals surface area (Å²) in [5, 5.41) is 11.5. The quantitative estimate of drug-likeness (QED) is 0.903. The van der Waals surface area contributed by atoms with Gasteiger partial charge in [0.15, 0.2) is 0 Å². The summed E-state index contributed by atoms with van der Waals surface area (Å²) in [5.41, 5.74) is 0.999. The Balaban J connectivity index is 2.32. The summed E-state index contributed by atoms with van der Waals surface area (Å²) >= 11 is 11.9. The van der Waals surface area contributed by atoms with Crippen LogP contribution < -0.4 is 5.32 Å². The zero-order valence-electron chi connectivity index (χ0n) is 10.9. The fraction of sp³-hybridized carbons (Fsp3) is 0.0714. The summed E-state index contributed by atoms with van der Waals surface area (Å²) in [6.07, 6.45) is 0. The molecule has 2 rings (SSSR count). The molecule has 0 radical (unpaired) electrons. The maximum Gasteiger partial charge on any atom is 0.335 e. The van der Waals surface area contributed by atoms with Crippen LogP contribution in [-0.4, -0.2) is 22.0 Å². The number of hydrogen-bond acceptors (Lipinski definition) is 3. The summed E-state index contributed by atoms with van der Waals surface area (Å²) < 4.78 is 0. The zero-order chi connectivity index (χ0) is 15.6. The number of amides is 1. The van der Waals surface area contributed by atoms with Gasteiger partial charge in [-0.25, -0.2) is 9.78 Å². The van der Waals surface area contributed by atoms with Crippen LogP contribution in [0.25, 0.3) is 0 Å². The average molecular weight is 325 g/mol. The number of hydrogen-bond donors (Lipinski definition) is 2. The first-order chi connectivity index (χ1) is 9.88. The number of anilines is 1. The Bertz CT molecular complexity index is 709. The van der Waals surface area contributed by atoms with Crippen molar-refractivity contribution in [1.29, 1.82) is 0 Å². The Morgan fingerprint density at radius 3 is 2.33 bits per heavy atom. The summed E-state index contributed by atoms with van der Waals surface area (Å²) in [4.78, 5) is 27.0. The number of aromatic carboxylic acids is 1. The number of aromatic nitrogens is 1. The van der Waals surface area contributed by atoms with Gasteiger partial charge < -0.3 is 10.4 Å². The number of carbonyl (C=O) groups is 2. The van der Waals surface area contributed by atoms with E-state index < -0.39 is 11.9 Å². The van der Waals surface area contributed by atoms with Crippen molar-refractivity contribution in [2.45, 2.75) is 6.92 Å². The molecule has 1 aromatic carbocycles. The molecule has 0 saturated carbocycles. The molecule has 0 aliphatic heterocycles. The average Bonchev–Trinajstić information content (AvgIpc) is 2.42. The summed E-state index contributed by atoms with van der Waals surface area (Å²) in [5.74, 6) is -1.64. The third-order valence-electron chi connectivity index (χ3n) is 2.65. The molecule has 1 amide bonds. The van der Waals surface area contributed by atoms with Crippen LogP contribution in [0.5, 0.6) is 0 Å². The van der Waals surface area contributed by atoms with Crippen LogP contribution in [0.1, 0.15) is 26.5 Å². The predicted molar refractivity (Wildman–Crippen MR) is 80.3 cm³/mol. The van der Waals surface area contributed by atoms with Crippen molar-refractivity contribution < 1.29 is 14.7 Å². The normalized spacial score (nSPS) is 10.2. The van der Waals surface area contributed by atoms with Crippen molar-refractivity contribution in [3.63, 3.8) is 0 Å². The SMILES string of the molecule is Cc1cccc(C(=O)Nc2c(Cl)cc(C(=O)O)cc2Cl)n1. The number of nitrogens with zero attached hydrogens (tertiary/aromatic N) is 1. The second-order valence-electron chi connectivity index (χ2n) is 4.24. The second kappa shape index (κ2) is 6.11. The third-order valence-corrected chi connectivity index (χ3v) is 3.24. The van der Waals surface area contributed by atoms with Gasteiger partial charge in [-0.1, -0.05) is 29.3 Å².